The lowest BCUT2D eigenvalue weighted by molar-refractivity contribution is -0.127. The summed E-state index contributed by atoms with van der Waals surface area (Å²) < 4.78 is 33.2. The number of carbonyl (C=O) groups is 1. The van der Waals surface area contributed by atoms with Gasteiger partial charge in [0.15, 0.2) is 0 Å². The summed E-state index contributed by atoms with van der Waals surface area (Å²) in [6.07, 6.45) is 1.71. The molecule has 0 spiro atoms. The van der Waals surface area contributed by atoms with Gasteiger partial charge in [0.1, 0.15) is 5.82 Å². The van der Waals surface area contributed by atoms with Gasteiger partial charge < -0.3 is 14.5 Å². The summed E-state index contributed by atoms with van der Waals surface area (Å²) in [5, 5.41) is 0. The van der Waals surface area contributed by atoms with Crippen LogP contribution in [0.5, 0.6) is 0 Å². The van der Waals surface area contributed by atoms with Gasteiger partial charge in [-0.25, -0.2) is 13.4 Å². The van der Waals surface area contributed by atoms with Gasteiger partial charge >= 0.3 is 0 Å². The first kappa shape index (κ1) is 23.2. The maximum atomic E-state index is 13.2. The molecule has 1 aliphatic heterocycles. The zero-order valence-corrected chi connectivity index (χ0v) is 19.4. The molecule has 2 aromatic rings. The Morgan fingerprint density at radius 1 is 1.10 bits per heavy atom. The molecule has 0 saturated carbocycles. The number of likely N-dealkylation sites (N-methyl/N-ethyl adjacent to an activating group) is 2. The number of amides is 1. The first-order chi connectivity index (χ1) is 14.7. The van der Waals surface area contributed by atoms with Crippen molar-refractivity contribution in [1.29, 1.82) is 0 Å². The van der Waals surface area contributed by atoms with E-state index < -0.39 is 10.0 Å². The number of hydrogen-bond acceptors (Lipinski definition) is 6. The van der Waals surface area contributed by atoms with E-state index in [4.69, 9.17) is 4.74 Å². The number of nitrogens with zero attached hydrogens (tertiary/aromatic N) is 4. The van der Waals surface area contributed by atoms with Crippen LogP contribution in [-0.4, -0.2) is 82.0 Å². The molecule has 168 valence electrons. The van der Waals surface area contributed by atoms with E-state index in [0.717, 1.165) is 16.9 Å². The molecule has 0 N–H and O–H groups in total. The number of aromatic nitrogens is 1. The molecule has 1 saturated heterocycles. The average Bonchev–Trinajstić information content (AvgIpc) is 2.78. The molecule has 1 fully saturated rings. The number of benzene rings is 1. The number of aryl methyl sites for hydroxylation is 1. The molecule has 3 rings (SSSR count). The summed E-state index contributed by atoms with van der Waals surface area (Å²) in [6.45, 7) is 6.14. The summed E-state index contributed by atoms with van der Waals surface area (Å²) in [7, 11) is 0.101. The summed E-state index contributed by atoms with van der Waals surface area (Å²) in [5.74, 6) is 0.774. The second-order valence-electron chi connectivity index (χ2n) is 7.76. The summed E-state index contributed by atoms with van der Waals surface area (Å²) in [5.41, 5.74) is 2.42. The Hall–Kier alpha value is -2.49. The summed E-state index contributed by atoms with van der Waals surface area (Å²) in [4.78, 5) is 19.8. The molecule has 0 radical (unpaired) electrons. The lowest BCUT2D eigenvalue weighted by Crippen LogP contribution is -2.40. The number of hydrogen-bond donors (Lipinski definition) is 0. The number of sulfonamides is 1. The molecule has 0 atom stereocenters. The van der Waals surface area contributed by atoms with Crippen molar-refractivity contribution in [2.45, 2.75) is 18.7 Å². The molecular formula is C22H30N4O4S. The Morgan fingerprint density at radius 3 is 2.45 bits per heavy atom. The van der Waals surface area contributed by atoms with E-state index in [1.165, 1.54) is 4.31 Å². The molecule has 2 heterocycles. The lowest BCUT2D eigenvalue weighted by atomic mass is 10.1. The van der Waals surface area contributed by atoms with Gasteiger partial charge in [0.05, 0.1) is 18.1 Å². The minimum Gasteiger partial charge on any atom is -0.379 e. The van der Waals surface area contributed by atoms with Crippen molar-refractivity contribution in [3.8, 4) is 11.1 Å². The quantitative estimate of drug-likeness (QED) is 0.647. The van der Waals surface area contributed by atoms with Gasteiger partial charge in [-0.1, -0.05) is 12.1 Å². The fourth-order valence-corrected chi connectivity index (χ4v) is 5.02. The van der Waals surface area contributed by atoms with Crippen molar-refractivity contribution < 1.29 is 17.9 Å². The van der Waals surface area contributed by atoms with E-state index in [-0.39, 0.29) is 5.91 Å². The summed E-state index contributed by atoms with van der Waals surface area (Å²) >= 11 is 0. The number of morpholine rings is 1. The van der Waals surface area contributed by atoms with Crippen molar-refractivity contribution in [2.24, 2.45) is 0 Å². The zero-order chi connectivity index (χ0) is 22.6. The number of pyridine rings is 1. The second kappa shape index (κ2) is 9.76. The third-order valence-electron chi connectivity index (χ3n) is 5.55. The molecule has 0 unspecified atom stereocenters. The maximum absolute atomic E-state index is 13.2. The van der Waals surface area contributed by atoms with Gasteiger partial charge in [0.2, 0.25) is 15.9 Å². The Balaban J connectivity index is 1.86. The van der Waals surface area contributed by atoms with E-state index in [2.05, 4.69) is 4.98 Å². The highest BCUT2D eigenvalue weighted by atomic mass is 32.2. The van der Waals surface area contributed by atoms with Crippen LogP contribution < -0.4 is 4.90 Å². The van der Waals surface area contributed by atoms with E-state index >= 15 is 0 Å². The Bertz CT molecular complexity index is 1040. The Labute approximate surface area is 184 Å². The van der Waals surface area contributed by atoms with Gasteiger partial charge in [-0.3, -0.25) is 4.79 Å². The minimum absolute atomic E-state index is 0.0174. The lowest BCUT2D eigenvalue weighted by Gasteiger charge is -2.27. The van der Waals surface area contributed by atoms with Crippen LogP contribution in [0, 0.1) is 6.92 Å². The highest BCUT2D eigenvalue weighted by Crippen LogP contribution is 2.29. The first-order valence-electron chi connectivity index (χ1n) is 10.3. The first-order valence-corrected chi connectivity index (χ1v) is 11.7. The van der Waals surface area contributed by atoms with Crippen molar-refractivity contribution in [3.63, 3.8) is 0 Å². The molecule has 9 heteroatoms. The van der Waals surface area contributed by atoms with Crippen LogP contribution >= 0.6 is 0 Å². The normalized spacial score (nSPS) is 15.0. The Morgan fingerprint density at radius 2 is 1.77 bits per heavy atom. The maximum Gasteiger partial charge on any atom is 0.243 e. The van der Waals surface area contributed by atoms with Crippen LogP contribution in [0.3, 0.4) is 0 Å². The average molecular weight is 447 g/mol. The van der Waals surface area contributed by atoms with Crippen LogP contribution in [0.25, 0.3) is 11.1 Å². The smallest absolute Gasteiger partial charge is 0.243 e. The largest absolute Gasteiger partial charge is 0.379 e. The van der Waals surface area contributed by atoms with Crippen molar-refractivity contribution in [1.82, 2.24) is 14.2 Å². The van der Waals surface area contributed by atoms with Crippen LogP contribution in [0.4, 0.5) is 5.82 Å². The van der Waals surface area contributed by atoms with E-state index in [1.54, 1.807) is 31.1 Å². The number of carbonyl (C=O) groups excluding carboxylic acids is 1. The number of anilines is 1. The highest BCUT2D eigenvalue weighted by molar-refractivity contribution is 7.89. The highest BCUT2D eigenvalue weighted by Gasteiger charge is 2.28. The van der Waals surface area contributed by atoms with Gasteiger partial charge in [-0.05, 0) is 41.8 Å². The van der Waals surface area contributed by atoms with Crippen LogP contribution in [0.1, 0.15) is 12.5 Å². The number of ether oxygens (including phenoxy) is 1. The van der Waals surface area contributed by atoms with Gasteiger partial charge in [-0.15, -0.1) is 0 Å². The molecule has 8 nitrogen and oxygen atoms in total. The van der Waals surface area contributed by atoms with Crippen LogP contribution in [0.15, 0.2) is 41.4 Å². The molecular weight excluding hydrogens is 416 g/mol. The third-order valence-corrected chi connectivity index (χ3v) is 7.59. The van der Waals surface area contributed by atoms with E-state index in [0.29, 0.717) is 49.9 Å². The predicted octanol–water partition coefficient (Wildman–Crippen LogP) is 1.99. The molecule has 1 aromatic carbocycles. The van der Waals surface area contributed by atoms with Crippen LogP contribution in [-0.2, 0) is 19.6 Å². The molecule has 0 aliphatic carbocycles. The van der Waals surface area contributed by atoms with Crippen LogP contribution in [0.2, 0.25) is 0 Å². The molecule has 1 aliphatic rings. The monoisotopic (exact) mass is 446 g/mol. The SMILES string of the molecule is CC(=O)N(C)CCN(C)c1cc(-c2ccc(C)c(S(=O)(=O)N3CCOCC3)c2)ccn1. The van der Waals surface area contributed by atoms with Gasteiger partial charge in [0, 0.05) is 53.4 Å². The fourth-order valence-electron chi connectivity index (χ4n) is 3.36. The van der Waals surface area contributed by atoms with Crippen molar-refractivity contribution in [3.05, 3.63) is 42.1 Å². The van der Waals surface area contributed by atoms with Crippen molar-refractivity contribution >= 4 is 21.7 Å². The topological polar surface area (TPSA) is 83.1 Å². The second-order valence-corrected chi connectivity index (χ2v) is 9.67. The van der Waals surface area contributed by atoms with Gasteiger partial charge in [0.25, 0.3) is 0 Å². The molecule has 1 amide bonds. The number of rotatable bonds is 7. The minimum atomic E-state index is -3.59. The van der Waals surface area contributed by atoms with E-state index in [1.807, 2.05) is 43.1 Å². The predicted molar refractivity (Wildman–Crippen MR) is 121 cm³/mol. The molecule has 31 heavy (non-hydrogen) atoms. The summed E-state index contributed by atoms with van der Waals surface area (Å²) in [6, 6.07) is 9.31. The van der Waals surface area contributed by atoms with E-state index in [9.17, 15) is 13.2 Å². The molecule has 1 aromatic heterocycles. The third kappa shape index (κ3) is 5.41. The molecule has 0 bridgehead atoms. The standard InChI is InChI=1S/C22H30N4O4S/c1-17-5-6-19(15-21(17)31(28,29)26-11-13-30-14-12-26)20-7-8-23-22(16-20)25(4)10-9-24(3)18(2)27/h5-8,15-16H,9-14H2,1-4H3. The zero-order valence-electron chi connectivity index (χ0n) is 18.5. The van der Waals surface area contributed by atoms with Gasteiger partial charge in [-0.2, -0.15) is 4.31 Å². The van der Waals surface area contributed by atoms with Crippen molar-refractivity contribution in [2.75, 3.05) is 58.4 Å². The Kier molecular flexibility index (Phi) is 7.30. The fraction of sp³-hybridized carbons (Fsp3) is 0.455.